The van der Waals surface area contributed by atoms with Crippen LogP contribution >= 0.6 is 0 Å². The van der Waals surface area contributed by atoms with Crippen LogP contribution in [-0.4, -0.2) is 21.6 Å². The van der Waals surface area contributed by atoms with Crippen molar-refractivity contribution in [2.24, 2.45) is 28.6 Å². The Labute approximate surface area is 178 Å². The van der Waals surface area contributed by atoms with Gasteiger partial charge in [-0.05, 0) is 61.7 Å². The maximum atomic E-state index is 11.4. The second-order valence-electron chi connectivity index (χ2n) is 10.3. The lowest BCUT2D eigenvalue weighted by Gasteiger charge is -2.57. The van der Waals surface area contributed by atoms with Crippen LogP contribution in [0.4, 0.5) is 0 Å². The van der Waals surface area contributed by atoms with E-state index in [2.05, 4.69) is 41.6 Å². The molecule has 0 aliphatic heterocycles. The van der Waals surface area contributed by atoms with Gasteiger partial charge in [-0.2, -0.15) is 5.26 Å². The maximum Gasteiger partial charge on any atom is 0.302 e. The van der Waals surface area contributed by atoms with Gasteiger partial charge in [0.05, 0.1) is 0 Å². The fourth-order valence-electron chi connectivity index (χ4n) is 7.42. The van der Waals surface area contributed by atoms with Gasteiger partial charge in [0.15, 0.2) is 5.69 Å². The molecule has 1 aromatic rings. The molecular weight excluding hydrogens is 374 g/mol. The highest BCUT2D eigenvalue weighted by Crippen LogP contribution is 2.65. The minimum absolute atomic E-state index is 0.0579. The Kier molecular flexibility index (Phi) is 4.47. The van der Waals surface area contributed by atoms with Crippen molar-refractivity contribution in [3.63, 3.8) is 0 Å². The zero-order valence-corrected chi connectivity index (χ0v) is 18.2. The summed E-state index contributed by atoms with van der Waals surface area (Å²) in [6.07, 6.45) is 16.3. The molecule has 0 N–H and O–H groups in total. The average molecular weight is 406 g/mol. The summed E-state index contributed by atoms with van der Waals surface area (Å²) >= 11 is 0. The standard InChI is InChI=1S/C25H31N3O2/c1-16(29)30-19-8-10-24(2)17(12-19)4-5-20-21-6-7-23(25(21,3)11-9-22(20)24)28-14-18(13-26)27-15-28/h4,7,14-15,19-22H,5-6,8-12H2,1-3H3/t19-,20?,21?,22?,24-,25-/m0/s1. The molecule has 0 amide bonds. The van der Waals surface area contributed by atoms with E-state index in [1.807, 2.05) is 6.20 Å². The molecule has 3 unspecified atom stereocenters. The number of allylic oxidation sites excluding steroid dienone is 3. The monoisotopic (exact) mass is 405 g/mol. The molecular formula is C25H31N3O2. The Bertz CT molecular complexity index is 983. The predicted molar refractivity (Wildman–Crippen MR) is 114 cm³/mol. The molecule has 0 saturated heterocycles. The third kappa shape index (κ3) is 2.80. The van der Waals surface area contributed by atoms with Crippen LogP contribution in [0.25, 0.3) is 5.70 Å². The zero-order chi connectivity index (χ0) is 21.1. The summed E-state index contributed by atoms with van der Waals surface area (Å²) in [4.78, 5) is 15.7. The van der Waals surface area contributed by atoms with Gasteiger partial charge in [0.2, 0.25) is 0 Å². The predicted octanol–water partition coefficient (Wildman–Crippen LogP) is 5.10. The summed E-state index contributed by atoms with van der Waals surface area (Å²) in [7, 11) is 0. The Balaban J connectivity index is 1.40. The largest absolute Gasteiger partial charge is 0.462 e. The first-order valence-corrected chi connectivity index (χ1v) is 11.4. The number of fused-ring (bicyclic) bond motifs is 5. The third-order valence-corrected chi connectivity index (χ3v) is 8.91. The van der Waals surface area contributed by atoms with Crippen molar-refractivity contribution >= 4 is 11.7 Å². The van der Waals surface area contributed by atoms with Crippen molar-refractivity contribution in [3.05, 3.63) is 35.9 Å². The lowest BCUT2D eigenvalue weighted by atomic mass is 9.48. The van der Waals surface area contributed by atoms with Crippen molar-refractivity contribution in [2.45, 2.75) is 71.8 Å². The van der Waals surface area contributed by atoms with E-state index in [1.165, 1.54) is 31.0 Å². The molecule has 158 valence electrons. The first-order chi connectivity index (χ1) is 14.3. The number of hydrogen-bond acceptors (Lipinski definition) is 4. The SMILES string of the molecule is CC(=O)O[C@H]1CC[C@@]2(C)C(=CCC3C2CC[C@]2(C)C(n4cnc(C#N)c4)=CCC32)C1. The van der Waals surface area contributed by atoms with E-state index in [-0.39, 0.29) is 22.9 Å². The van der Waals surface area contributed by atoms with Crippen LogP contribution in [-0.2, 0) is 9.53 Å². The minimum Gasteiger partial charge on any atom is -0.462 e. The number of nitrogens with zero attached hydrogens (tertiary/aromatic N) is 3. The highest BCUT2D eigenvalue weighted by atomic mass is 16.5. The number of esters is 1. The molecule has 2 saturated carbocycles. The highest BCUT2D eigenvalue weighted by molar-refractivity contribution is 5.66. The fourth-order valence-corrected chi connectivity index (χ4v) is 7.42. The van der Waals surface area contributed by atoms with Crippen LogP contribution in [0.2, 0.25) is 0 Å². The molecule has 0 spiro atoms. The van der Waals surface area contributed by atoms with Crippen molar-refractivity contribution < 1.29 is 9.53 Å². The van der Waals surface area contributed by atoms with Gasteiger partial charge in [0.1, 0.15) is 18.5 Å². The summed E-state index contributed by atoms with van der Waals surface area (Å²) < 4.78 is 7.65. The normalized spacial score (nSPS) is 39.7. The highest BCUT2D eigenvalue weighted by Gasteiger charge is 2.57. The van der Waals surface area contributed by atoms with E-state index >= 15 is 0 Å². The van der Waals surface area contributed by atoms with Gasteiger partial charge < -0.3 is 9.30 Å². The molecule has 1 heterocycles. The Morgan fingerprint density at radius 3 is 2.73 bits per heavy atom. The van der Waals surface area contributed by atoms with Crippen molar-refractivity contribution in [1.82, 2.24) is 9.55 Å². The molecule has 6 atom stereocenters. The van der Waals surface area contributed by atoms with Crippen LogP contribution in [0.3, 0.4) is 0 Å². The molecule has 0 bridgehead atoms. The number of imidazole rings is 1. The first kappa shape index (κ1) is 19.6. The molecule has 0 radical (unpaired) electrons. The number of rotatable bonds is 2. The van der Waals surface area contributed by atoms with Crippen molar-refractivity contribution in [1.29, 1.82) is 5.26 Å². The molecule has 5 nitrogen and oxygen atoms in total. The number of aromatic nitrogens is 2. The van der Waals surface area contributed by atoms with Crippen LogP contribution < -0.4 is 0 Å². The topological polar surface area (TPSA) is 67.9 Å². The molecule has 4 aliphatic rings. The molecule has 30 heavy (non-hydrogen) atoms. The van der Waals surface area contributed by atoms with E-state index in [4.69, 9.17) is 4.74 Å². The second kappa shape index (κ2) is 6.83. The summed E-state index contributed by atoms with van der Waals surface area (Å²) in [5, 5.41) is 9.17. The van der Waals surface area contributed by atoms with Crippen LogP contribution in [0.1, 0.15) is 71.4 Å². The molecule has 1 aromatic heterocycles. The zero-order valence-electron chi connectivity index (χ0n) is 18.2. The van der Waals surface area contributed by atoms with E-state index in [0.717, 1.165) is 32.1 Å². The van der Waals surface area contributed by atoms with Crippen molar-refractivity contribution in [2.75, 3.05) is 0 Å². The number of hydrogen-bond donors (Lipinski definition) is 0. The maximum absolute atomic E-state index is 11.4. The fraction of sp³-hybridized carbons (Fsp3) is 0.640. The van der Waals surface area contributed by atoms with Crippen LogP contribution in [0.5, 0.6) is 0 Å². The Morgan fingerprint density at radius 2 is 2.00 bits per heavy atom. The lowest BCUT2D eigenvalue weighted by molar-refractivity contribution is -0.148. The van der Waals surface area contributed by atoms with Crippen LogP contribution in [0, 0.1) is 39.9 Å². The van der Waals surface area contributed by atoms with Gasteiger partial charge in [-0.15, -0.1) is 0 Å². The average Bonchev–Trinajstić information content (AvgIpc) is 3.31. The Hall–Kier alpha value is -2.35. The van der Waals surface area contributed by atoms with E-state index < -0.39 is 0 Å². The lowest BCUT2D eigenvalue weighted by Crippen LogP contribution is -2.50. The first-order valence-electron chi connectivity index (χ1n) is 11.4. The van der Waals surface area contributed by atoms with Gasteiger partial charge in [0.25, 0.3) is 0 Å². The summed E-state index contributed by atoms with van der Waals surface area (Å²) in [5.74, 6) is 1.88. The summed E-state index contributed by atoms with van der Waals surface area (Å²) in [6.45, 7) is 6.42. The van der Waals surface area contributed by atoms with Gasteiger partial charge in [0, 0.05) is 30.7 Å². The number of carbonyl (C=O) groups excluding carboxylic acids is 1. The molecule has 4 aliphatic carbocycles. The molecule has 2 fully saturated rings. The molecule has 5 heteroatoms. The number of carbonyl (C=O) groups is 1. The van der Waals surface area contributed by atoms with Gasteiger partial charge in [-0.1, -0.05) is 31.6 Å². The summed E-state index contributed by atoms with van der Waals surface area (Å²) in [6, 6.07) is 2.15. The molecule has 5 rings (SSSR count). The van der Waals surface area contributed by atoms with Crippen LogP contribution in [0.15, 0.2) is 30.2 Å². The van der Waals surface area contributed by atoms with Gasteiger partial charge in [-0.25, -0.2) is 4.98 Å². The second-order valence-corrected chi connectivity index (χ2v) is 10.3. The van der Waals surface area contributed by atoms with Gasteiger partial charge >= 0.3 is 5.97 Å². The van der Waals surface area contributed by atoms with Crippen molar-refractivity contribution in [3.8, 4) is 6.07 Å². The number of ether oxygens (including phenoxy) is 1. The quantitative estimate of drug-likeness (QED) is 0.507. The third-order valence-electron chi connectivity index (χ3n) is 8.91. The Morgan fingerprint density at radius 1 is 1.20 bits per heavy atom. The number of nitriles is 1. The van der Waals surface area contributed by atoms with Gasteiger partial charge in [-0.3, -0.25) is 4.79 Å². The van der Waals surface area contributed by atoms with E-state index in [0.29, 0.717) is 23.4 Å². The minimum atomic E-state index is -0.157. The van der Waals surface area contributed by atoms with E-state index in [1.54, 1.807) is 6.33 Å². The molecule has 0 aromatic carbocycles. The smallest absolute Gasteiger partial charge is 0.302 e. The van der Waals surface area contributed by atoms with E-state index in [9.17, 15) is 10.1 Å². The summed E-state index contributed by atoms with van der Waals surface area (Å²) in [5.41, 5.74) is 3.74.